The Bertz CT molecular complexity index is 4020. The summed E-state index contributed by atoms with van der Waals surface area (Å²) >= 11 is 1.48. The predicted octanol–water partition coefficient (Wildman–Crippen LogP) is 16.5. The number of para-hydroxylation sites is 2. The maximum absolute atomic E-state index is 13.9. The number of fused-ring (bicyclic) bond motifs is 9. The van der Waals surface area contributed by atoms with Crippen molar-refractivity contribution < 1.29 is 25.8 Å². The molecule has 0 N–H and O–H groups in total. The van der Waals surface area contributed by atoms with Gasteiger partial charge < -0.3 is 13.7 Å². The zero-order chi connectivity index (χ0) is 45.4. The number of alkyl halides is 3. The van der Waals surface area contributed by atoms with Gasteiger partial charge in [-0.1, -0.05) is 140 Å². The van der Waals surface area contributed by atoms with Gasteiger partial charge in [-0.05, 0) is 105 Å². The molecule has 0 amide bonds. The van der Waals surface area contributed by atoms with E-state index in [4.69, 9.17) is 4.18 Å². The van der Waals surface area contributed by atoms with Gasteiger partial charge in [0, 0.05) is 49.1 Å². The Labute approximate surface area is 386 Å². The van der Waals surface area contributed by atoms with Crippen LogP contribution in [0.3, 0.4) is 0 Å². The van der Waals surface area contributed by atoms with Crippen LogP contribution in [0, 0.1) is 0 Å². The highest BCUT2D eigenvalue weighted by Gasteiger charge is 2.48. The molecule has 0 unspecified atom stereocenters. The lowest BCUT2D eigenvalue weighted by Crippen LogP contribution is -2.28. The van der Waals surface area contributed by atoms with E-state index in [-0.39, 0.29) is 0 Å². The van der Waals surface area contributed by atoms with Gasteiger partial charge in [0.15, 0.2) is 0 Å². The molecule has 0 radical (unpaired) electrons. The highest BCUT2D eigenvalue weighted by atomic mass is 32.2. The van der Waals surface area contributed by atoms with Crippen molar-refractivity contribution in [3.8, 4) is 33.7 Å². The fourth-order valence-electron chi connectivity index (χ4n) is 9.47. The van der Waals surface area contributed by atoms with Gasteiger partial charge in [-0.15, -0.1) is 11.3 Å². The fourth-order valence-corrected chi connectivity index (χ4v) is 11.1. The highest BCUT2D eigenvalue weighted by Crippen LogP contribution is 2.49. The lowest BCUT2D eigenvalue weighted by atomic mass is 9.99. The number of nitrogens with zero attached hydrogens (tertiary/aromatic N) is 2. The van der Waals surface area contributed by atoms with Crippen molar-refractivity contribution in [1.82, 2.24) is 4.57 Å². The molecule has 0 spiro atoms. The SMILES string of the molecule is O=S(=O)(Oc1cc(N(c2ccccc2)c2ccc(-c3ccccc3)cc2)c2sc3ccc(-c4ccc5c(c4)c4ccccc4n5-c4cc5ccccc5c5ccccc45)cc3c2c1)C(F)(F)F. The van der Waals surface area contributed by atoms with E-state index in [1.54, 1.807) is 0 Å². The van der Waals surface area contributed by atoms with E-state index in [9.17, 15) is 21.6 Å². The number of halogens is 3. The van der Waals surface area contributed by atoms with E-state index in [0.29, 0.717) is 16.8 Å². The summed E-state index contributed by atoms with van der Waals surface area (Å²) in [4.78, 5) is 1.92. The Morgan fingerprint density at radius 1 is 0.463 bits per heavy atom. The van der Waals surface area contributed by atoms with E-state index in [1.165, 1.54) is 34.2 Å². The Morgan fingerprint density at radius 3 is 1.78 bits per heavy atom. The molecule has 5 nitrogen and oxygen atoms in total. The molecule has 324 valence electrons. The Kier molecular flexibility index (Phi) is 9.46. The van der Waals surface area contributed by atoms with Crippen molar-refractivity contribution in [3.05, 3.63) is 212 Å². The highest BCUT2D eigenvalue weighted by molar-refractivity contribution is 7.88. The van der Waals surface area contributed by atoms with Crippen molar-refractivity contribution in [2.45, 2.75) is 5.51 Å². The first-order chi connectivity index (χ1) is 32.6. The standard InChI is InChI=1S/C57H35F3N2O3S2/c58-57(59,60)67(63,64)65-43-34-50-49-32-39(26-30-55(49)66-56(50)54(35-43)61(41-16-5-2-6-17-41)42-27-23-37(24-28-42)36-13-3-1-4-14-36)38-25-29-52-48(31-38)47-21-11-12-22-51(47)62(52)53-33-40-15-7-8-18-44(40)45-19-9-10-20-46(45)53/h1-35H. The van der Waals surface area contributed by atoms with Crippen LogP contribution in [0.25, 0.3) is 91.5 Å². The van der Waals surface area contributed by atoms with E-state index in [1.807, 2.05) is 108 Å². The van der Waals surface area contributed by atoms with E-state index in [0.717, 1.165) is 81.0 Å². The Balaban J connectivity index is 1.04. The van der Waals surface area contributed by atoms with Gasteiger partial charge in [0.05, 0.1) is 27.1 Å². The maximum atomic E-state index is 13.9. The molecule has 0 saturated carbocycles. The summed E-state index contributed by atoms with van der Waals surface area (Å²) < 4.78 is 76.0. The third kappa shape index (κ3) is 6.87. The van der Waals surface area contributed by atoms with Crippen LogP contribution in [0.1, 0.15) is 0 Å². The predicted molar refractivity (Wildman–Crippen MR) is 270 cm³/mol. The van der Waals surface area contributed by atoms with Crippen molar-refractivity contribution >= 4 is 102 Å². The minimum atomic E-state index is -6.01. The summed E-state index contributed by atoms with van der Waals surface area (Å²) in [5, 5.41) is 8.11. The van der Waals surface area contributed by atoms with Crippen molar-refractivity contribution in [2.75, 3.05) is 4.90 Å². The molecule has 0 aliphatic rings. The normalized spacial score (nSPS) is 12.2. The van der Waals surface area contributed by atoms with Crippen LogP contribution in [0.2, 0.25) is 0 Å². The number of anilines is 3. The largest absolute Gasteiger partial charge is 0.534 e. The third-order valence-electron chi connectivity index (χ3n) is 12.5. The Morgan fingerprint density at radius 2 is 1.03 bits per heavy atom. The first-order valence-corrected chi connectivity index (χ1v) is 23.8. The number of hydrogen-bond acceptors (Lipinski definition) is 5. The van der Waals surface area contributed by atoms with Gasteiger partial charge in [0.2, 0.25) is 0 Å². The van der Waals surface area contributed by atoms with Crippen molar-refractivity contribution in [3.63, 3.8) is 0 Å². The summed E-state index contributed by atoms with van der Waals surface area (Å²) in [6, 6.07) is 70.2. The lowest BCUT2D eigenvalue weighted by Gasteiger charge is -2.26. The summed E-state index contributed by atoms with van der Waals surface area (Å²) in [5.41, 5.74) is 3.28. The van der Waals surface area contributed by atoms with Crippen LogP contribution in [0.4, 0.5) is 30.2 Å². The van der Waals surface area contributed by atoms with E-state index in [2.05, 4.69) is 102 Å². The van der Waals surface area contributed by atoms with Gasteiger partial charge in [-0.3, -0.25) is 0 Å². The molecule has 2 aromatic heterocycles. The van der Waals surface area contributed by atoms with Crippen molar-refractivity contribution in [1.29, 1.82) is 0 Å². The smallest absolute Gasteiger partial charge is 0.376 e. The average molecular weight is 917 g/mol. The number of aromatic nitrogens is 1. The van der Waals surface area contributed by atoms with Gasteiger partial charge in [-0.2, -0.15) is 21.6 Å². The van der Waals surface area contributed by atoms with Crippen LogP contribution < -0.4 is 9.08 Å². The lowest BCUT2D eigenvalue weighted by molar-refractivity contribution is -0.0500. The Hall–Kier alpha value is -7.92. The third-order valence-corrected chi connectivity index (χ3v) is 14.7. The van der Waals surface area contributed by atoms with Crippen LogP contribution in [0.15, 0.2) is 212 Å². The monoisotopic (exact) mass is 916 g/mol. The molecule has 0 fully saturated rings. The molecule has 12 rings (SSSR count). The number of thiophene rings is 1. The fraction of sp³-hybridized carbons (Fsp3) is 0.0175. The van der Waals surface area contributed by atoms with Crippen LogP contribution >= 0.6 is 11.3 Å². The first kappa shape index (κ1) is 40.6. The van der Waals surface area contributed by atoms with Crippen LogP contribution in [-0.2, 0) is 10.1 Å². The van der Waals surface area contributed by atoms with Gasteiger partial charge >= 0.3 is 15.6 Å². The summed E-state index contributed by atoms with van der Waals surface area (Å²) in [6.07, 6.45) is 0. The summed E-state index contributed by atoms with van der Waals surface area (Å²) in [5.74, 6) is -0.456. The van der Waals surface area contributed by atoms with Gasteiger partial charge in [0.25, 0.3) is 0 Å². The van der Waals surface area contributed by atoms with E-state index >= 15 is 0 Å². The second-order valence-electron chi connectivity index (χ2n) is 16.4. The summed E-state index contributed by atoms with van der Waals surface area (Å²) in [7, 11) is -6.01. The van der Waals surface area contributed by atoms with Crippen LogP contribution in [-0.4, -0.2) is 18.5 Å². The van der Waals surface area contributed by atoms with Gasteiger partial charge in [-0.25, -0.2) is 0 Å². The molecule has 0 saturated heterocycles. The molecular weight excluding hydrogens is 882 g/mol. The molecule has 10 aromatic carbocycles. The minimum Gasteiger partial charge on any atom is -0.376 e. The number of hydrogen-bond donors (Lipinski definition) is 0. The molecule has 0 aliphatic heterocycles. The second kappa shape index (κ2) is 15.6. The average Bonchev–Trinajstić information content (AvgIpc) is 3.89. The minimum absolute atomic E-state index is 0.456. The molecular formula is C57H35F3N2O3S2. The molecule has 12 aromatic rings. The second-order valence-corrected chi connectivity index (χ2v) is 19.0. The van der Waals surface area contributed by atoms with Gasteiger partial charge in [0.1, 0.15) is 5.75 Å². The molecule has 67 heavy (non-hydrogen) atoms. The maximum Gasteiger partial charge on any atom is 0.534 e. The molecule has 0 aliphatic carbocycles. The quantitative estimate of drug-likeness (QED) is 0.0866. The van der Waals surface area contributed by atoms with Crippen LogP contribution in [0.5, 0.6) is 5.75 Å². The number of benzene rings is 10. The topological polar surface area (TPSA) is 51.5 Å². The first-order valence-electron chi connectivity index (χ1n) is 21.6. The van der Waals surface area contributed by atoms with E-state index < -0.39 is 21.4 Å². The number of rotatable bonds is 8. The molecule has 2 heterocycles. The zero-order valence-corrected chi connectivity index (χ0v) is 36.9. The molecule has 0 atom stereocenters. The zero-order valence-electron chi connectivity index (χ0n) is 35.3. The summed E-state index contributed by atoms with van der Waals surface area (Å²) in [6.45, 7) is 0. The molecule has 0 bridgehead atoms. The molecule has 10 heteroatoms. The van der Waals surface area contributed by atoms with Crippen molar-refractivity contribution in [2.24, 2.45) is 0 Å².